The molecule has 0 N–H and O–H groups in total. The zero-order valence-electron chi connectivity index (χ0n) is 9.94. The molecule has 5 heteroatoms. The zero-order chi connectivity index (χ0) is 11.9. The van der Waals surface area contributed by atoms with E-state index in [0.717, 1.165) is 17.3 Å². The first-order chi connectivity index (χ1) is 8.34. The van der Waals surface area contributed by atoms with Gasteiger partial charge in [0.1, 0.15) is 5.03 Å². The third-order valence-electron chi connectivity index (χ3n) is 2.96. The largest absolute Gasteiger partial charge is 0.303 e. The van der Waals surface area contributed by atoms with E-state index < -0.39 is 0 Å². The van der Waals surface area contributed by atoms with Crippen molar-refractivity contribution in [3.63, 3.8) is 0 Å². The summed E-state index contributed by atoms with van der Waals surface area (Å²) in [6.45, 7) is 3.66. The molecule has 17 heavy (non-hydrogen) atoms. The van der Waals surface area contributed by atoms with Crippen LogP contribution in [0.5, 0.6) is 0 Å². The van der Waals surface area contributed by atoms with Gasteiger partial charge in [0.25, 0.3) is 0 Å². The first-order valence-electron chi connectivity index (χ1n) is 6.19. The Morgan fingerprint density at radius 1 is 1.12 bits per heavy atom. The molecule has 0 aliphatic carbocycles. The summed E-state index contributed by atoms with van der Waals surface area (Å²) >= 11 is 7.45. The highest BCUT2D eigenvalue weighted by atomic mass is 35.5. The molecule has 1 fully saturated rings. The summed E-state index contributed by atoms with van der Waals surface area (Å²) in [7, 11) is 0. The number of halogens is 1. The second-order valence-corrected chi connectivity index (χ2v) is 5.80. The predicted octanol–water partition coefficient (Wildman–Crippen LogP) is 3.10. The van der Waals surface area contributed by atoms with Crippen molar-refractivity contribution in [3.05, 3.63) is 17.3 Å². The molecule has 0 atom stereocenters. The molecule has 1 aromatic heterocycles. The third kappa shape index (κ3) is 4.82. The quantitative estimate of drug-likeness (QED) is 0.787. The summed E-state index contributed by atoms with van der Waals surface area (Å²) in [5, 5.41) is 9.30. The van der Waals surface area contributed by atoms with Gasteiger partial charge in [-0.05, 0) is 38.1 Å². The first-order valence-corrected chi connectivity index (χ1v) is 7.55. The van der Waals surface area contributed by atoms with Gasteiger partial charge in [0, 0.05) is 12.3 Å². The van der Waals surface area contributed by atoms with Crippen molar-refractivity contribution in [2.45, 2.75) is 30.7 Å². The molecule has 0 saturated carbocycles. The van der Waals surface area contributed by atoms with Gasteiger partial charge in [-0.2, -0.15) is 0 Å². The molecule has 0 amide bonds. The van der Waals surface area contributed by atoms with Crippen LogP contribution in [0.2, 0.25) is 5.15 Å². The van der Waals surface area contributed by atoms with Gasteiger partial charge in [-0.1, -0.05) is 24.4 Å². The molecule has 0 radical (unpaired) electrons. The lowest BCUT2D eigenvalue weighted by molar-refractivity contribution is 0.303. The molecule has 94 valence electrons. The maximum absolute atomic E-state index is 5.69. The van der Waals surface area contributed by atoms with Crippen LogP contribution in [0.3, 0.4) is 0 Å². The Balaban J connectivity index is 1.69. The lowest BCUT2D eigenvalue weighted by Gasteiger charge is -2.18. The molecular formula is C12H18ClN3S. The summed E-state index contributed by atoms with van der Waals surface area (Å²) in [6, 6.07) is 3.73. The summed E-state index contributed by atoms with van der Waals surface area (Å²) in [5.41, 5.74) is 0. The van der Waals surface area contributed by atoms with Gasteiger partial charge in [0.2, 0.25) is 0 Å². The second-order valence-electron chi connectivity index (χ2n) is 4.30. The maximum atomic E-state index is 5.69. The van der Waals surface area contributed by atoms with Gasteiger partial charge in [-0.25, -0.2) is 0 Å². The number of thioether (sulfide) groups is 1. The van der Waals surface area contributed by atoms with Crippen LogP contribution in [0.15, 0.2) is 17.2 Å². The Morgan fingerprint density at radius 2 is 1.88 bits per heavy atom. The van der Waals surface area contributed by atoms with Crippen molar-refractivity contribution in [1.29, 1.82) is 0 Å². The van der Waals surface area contributed by atoms with Crippen molar-refractivity contribution < 1.29 is 0 Å². The first kappa shape index (κ1) is 13.1. The van der Waals surface area contributed by atoms with Gasteiger partial charge < -0.3 is 4.90 Å². The zero-order valence-corrected chi connectivity index (χ0v) is 11.5. The highest BCUT2D eigenvalue weighted by Gasteiger charge is 2.08. The van der Waals surface area contributed by atoms with Crippen LogP contribution in [-0.2, 0) is 0 Å². The van der Waals surface area contributed by atoms with E-state index in [2.05, 4.69) is 15.1 Å². The van der Waals surface area contributed by atoms with Gasteiger partial charge in [-0.15, -0.1) is 22.0 Å². The summed E-state index contributed by atoms with van der Waals surface area (Å²) in [6.07, 6.45) is 5.50. The Labute approximate surface area is 112 Å². The van der Waals surface area contributed by atoms with Crippen LogP contribution < -0.4 is 0 Å². The number of likely N-dealkylation sites (tertiary alicyclic amines) is 1. The van der Waals surface area contributed by atoms with Gasteiger partial charge >= 0.3 is 0 Å². The molecule has 0 unspecified atom stereocenters. The van der Waals surface area contributed by atoms with E-state index in [9.17, 15) is 0 Å². The molecular weight excluding hydrogens is 254 g/mol. The number of hydrogen-bond acceptors (Lipinski definition) is 4. The lowest BCUT2D eigenvalue weighted by atomic mass is 10.2. The van der Waals surface area contributed by atoms with E-state index in [1.807, 2.05) is 6.07 Å². The molecule has 1 saturated heterocycles. The van der Waals surface area contributed by atoms with Crippen molar-refractivity contribution in [1.82, 2.24) is 15.1 Å². The second kappa shape index (κ2) is 7.19. The topological polar surface area (TPSA) is 29.0 Å². The molecule has 0 spiro atoms. The number of nitrogens with zero attached hydrogens (tertiary/aromatic N) is 3. The standard InChI is InChI=1S/C12H18ClN3S/c13-11-5-6-12(15-14-11)17-10-9-16-7-3-1-2-4-8-16/h5-6H,1-4,7-10H2. The van der Waals surface area contributed by atoms with Crippen molar-refractivity contribution >= 4 is 23.4 Å². The molecule has 1 aromatic rings. The number of rotatable bonds is 4. The van der Waals surface area contributed by atoms with E-state index in [1.165, 1.54) is 38.8 Å². The average Bonchev–Trinajstić information content (AvgIpc) is 2.60. The lowest BCUT2D eigenvalue weighted by Crippen LogP contribution is -2.27. The van der Waals surface area contributed by atoms with E-state index in [1.54, 1.807) is 17.8 Å². The maximum Gasteiger partial charge on any atom is 0.151 e. The molecule has 1 aliphatic rings. The summed E-state index contributed by atoms with van der Waals surface area (Å²) in [4.78, 5) is 2.56. The van der Waals surface area contributed by atoms with Crippen LogP contribution in [0.25, 0.3) is 0 Å². The highest BCUT2D eigenvalue weighted by molar-refractivity contribution is 7.99. The van der Waals surface area contributed by atoms with Gasteiger partial charge in [0.05, 0.1) is 0 Å². The molecule has 2 rings (SSSR count). The van der Waals surface area contributed by atoms with E-state index in [0.29, 0.717) is 5.15 Å². The highest BCUT2D eigenvalue weighted by Crippen LogP contribution is 2.16. The summed E-state index contributed by atoms with van der Waals surface area (Å²) in [5.74, 6) is 1.08. The normalized spacial score (nSPS) is 17.9. The minimum Gasteiger partial charge on any atom is -0.303 e. The molecule has 0 bridgehead atoms. The van der Waals surface area contributed by atoms with Crippen molar-refractivity contribution in [3.8, 4) is 0 Å². The molecule has 1 aliphatic heterocycles. The Kier molecular flexibility index (Phi) is 5.55. The Bertz CT molecular complexity index is 323. The molecule has 3 nitrogen and oxygen atoms in total. The van der Waals surface area contributed by atoms with Crippen LogP contribution in [0.1, 0.15) is 25.7 Å². The predicted molar refractivity (Wildman–Crippen MR) is 72.7 cm³/mol. The van der Waals surface area contributed by atoms with Gasteiger partial charge in [-0.3, -0.25) is 0 Å². The van der Waals surface area contributed by atoms with E-state index >= 15 is 0 Å². The van der Waals surface area contributed by atoms with Gasteiger partial charge in [0.15, 0.2) is 5.15 Å². The molecule has 0 aromatic carbocycles. The fraction of sp³-hybridized carbons (Fsp3) is 0.667. The fourth-order valence-electron chi connectivity index (χ4n) is 2.02. The Morgan fingerprint density at radius 3 is 2.53 bits per heavy atom. The number of hydrogen-bond donors (Lipinski definition) is 0. The minimum absolute atomic E-state index is 0.460. The average molecular weight is 272 g/mol. The van der Waals surface area contributed by atoms with E-state index in [-0.39, 0.29) is 0 Å². The number of aromatic nitrogens is 2. The summed E-state index contributed by atoms with van der Waals surface area (Å²) < 4.78 is 0. The van der Waals surface area contributed by atoms with Crippen molar-refractivity contribution in [2.24, 2.45) is 0 Å². The van der Waals surface area contributed by atoms with Crippen LogP contribution in [-0.4, -0.2) is 40.5 Å². The smallest absolute Gasteiger partial charge is 0.151 e. The van der Waals surface area contributed by atoms with Crippen LogP contribution in [0.4, 0.5) is 0 Å². The fourth-order valence-corrected chi connectivity index (χ4v) is 2.94. The van der Waals surface area contributed by atoms with Crippen LogP contribution >= 0.6 is 23.4 Å². The SMILES string of the molecule is Clc1ccc(SCCN2CCCCCC2)nn1. The Hall–Kier alpha value is -0.320. The minimum atomic E-state index is 0.460. The van der Waals surface area contributed by atoms with Crippen molar-refractivity contribution in [2.75, 3.05) is 25.4 Å². The monoisotopic (exact) mass is 271 g/mol. The van der Waals surface area contributed by atoms with E-state index in [4.69, 9.17) is 11.6 Å². The molecule has 2 heterocycles. The third-order valence-corrected chi connectivity index (χ3v) is 4.07. The van der Waals surface area contributed by atoms with Crippen LogP contribution in [0, 0.1) is 0 Å².